The number of carbonyl (C=O) groups excluding carboxylic acids is 2. The molecule has 1 amide bonds. The average molecular weight is 492 g/mol. The number of anilines is 1. The summed E-state index contributed by atoms with van der Waals surface area (Å²) in [5.41, 5.74) is -0.657. The molecule has 0 aliphatic carbocycles. The van der Waals surface area contributed by atoms with Gasteiger partial charge >= 0.3 is 5.97 Å². The Labute approximate surface area is 192 Å². The number of benzene rings is 2. The predicted molar refractivity (Wildman–Crippen MR) is 116 cm³/mol. The van der Waals surface area contributed by atoms with Gasteiger partial charge in [-0.15, -0.1) is 11.3 Å². The van der Waals surface area contributed by atoms with Crippen molar-refractivity contribution >= 4 is 52.0 Å². The number of nitrogens with zero attached hydrogens (tertiary/aromatic N) is 3. The largest absolute Gasteiger partial charge is 0.452 e. The first-order valence-electron chi connectivity index (χ1n) is 8.93. The molecule has 170 valence electrons. The van der Waals surface area contributed by atoms with Crippen molar-refractivity contribution in [2.75, 3.05) is 11.9 Å². The van der Waals surface area contributed by atoms with Crippen molar-refractivity contribution in [1.29, 1.82) is 0 Å². The number of nitrogens with one attached hydrogen (secondary N) is 1. The molecule has 14 heteroatoms. The van der Waals surface area contributed by atoms with E-state index in [2.05, 4.69) is 10.3 Å². The van der Waals surface area contributed by atoms with Crippen LogP contribution in [0.1, 0.15) is 16.1 Å². The van der Waals surface area contributed by atoms with E-state index in [1.807, 2.05) is 0 Å². The molecule has 0 saturated heterocycles. The number of esters is 1. The fourth-order valence-corrected chi connectivity index (χ4v) is 4.36. The van der Waals surface area contributed by atoms with Crippen molar-refractivity contribution in [1.82, 2.24) is 4.98 Å². The van der Waals surface area contributed by atoms with E-state index in [1.54, 1.807) is 12.3 Å². The van der Waals surface area contributed by atoms with Crippen LogP contribution in [0.4, 0.5) is 21.5 Å². The summed E-state index contributed by atoms with van der Waals surface area (Å²) in [6, 6.07) is 6.17. The molecule has 33 heavy (non-hydrogen) atoms. The molecule has 1 N–H and O–H groups in total. The first kappa shape index (κ1) is 23.7. The number of aromatic nitrogens is 1. The van der Waals surface area contributed by atoms with Crippen molar-refractivity contribution in [3.63, 3.8) is 0 Å². The lowest BCUT2D eigenvalue weighted by Gasteiger charge is -2.09. The molecule has 3 aromatic rings. The standard InChI is InChI=1S/C19H13FN4O7S2/c1-10-9-32-19(21-10)33-16-5-3-11(23(27)28)6-13(16)18(26)31-8-17(25)22-15-7-12(24(29)30)2-4-14(15)20/h2-7,9H,8H2,1H3,(H,22,25). The van der Waals surface area contributed by atoms with Crippen LogP contribution in [0, 0.1) is 33.0 Å². The summed E-state index contributed by atoms with van der Waals surface area (Å²) in [7, 11) is 0. The molecule has 1 heterocycles. The molecule has 0 aliphatic heterocycles. The van der Waals surface area contributed by atoms with Crippen molar-refractivity contribution in [3.05, 3.63) is 79.1 Å². The number of halogens is 1. The first-order valence-corrected chi connectivity index (χ1v) is 10.6. The monoisotopic (exact) mass is 492 g/mol. The number of nitro groups is 2. The van der Waals surface area contributed by atoms with Crippen molar-refractivity contribution in [3.8, 4) is 0 Å². The van der Waals surface area contributed by atoms with Crippen LogP contribution in [0.3, 0.4) is 0 Å². The number of amides is 1. The summed E-state index contributed by atoms with van der Waals surface area (Å²) in [6.07, 6.45) is 0. The normalized spacial score (nSPS) is 10.5. The highest BCUT2D eigenvalue weighted by atomic mass is 32.2. The minimum absolute atomic E-state index is 0.156. The summed E-state index contributed by atoms with van der Waals surface area (Å²) in [5.74, 6) is -2.90. The third-order valence-corrected chi connectivity index (χ3v) is 6.09. The SMILES string of the molecule is Cc1csc(Sc2ccc([N+](=O)[O-])cc2C(=O)OCC(=O)Nc2cc([N+](=O)[O-])ccc2F)n1. The Kier molecular flexibility index (Phi) is 7.30. The lowest BCUT2D eigenvalue weighted by atomic mass is 10.2. The Bertz CT molecular complexity index is 1260. The maximum Gasteiger partial charge on any atom is 0.340 e. The van der Waals surface area contributed by atoms with Crippen LogP contribution in [-0.4, -0.2) is 33.3 Å². The minimum atomic E-state index is -1.02. The van der Waals surface area contributed by atoms with E-state index < -0.39 is 45.5 Å². The van der Waals surface area contributed by atoms with Gasteiger partial charge < -0.3 is 10.1 Å². The van der Waals surface area contributed by atoms with E-state index >= 15 is 0 Å². The number of carbonyl (C=O) groups is 2. The molecule has 1 aromatic heterocycles. The van der Waals surface area contributed by atoms with Gasteiger partial charge in [0.25, 0.3) is 17.3 Å². The van der Waals surface area contributed by atoms with E-state index in [1.165, 1.54) is 23.5 Å². The zero-order valence-corrected chi connectivity index (χ0v) is 18.3. The lowest BCUT2D eigenvalue weighted by Crippen LogP contribution is -2.21. The van der Waals surface area contributed by atoms with Gasteiger partial charge in [-0.3, -0.25) is 25.0 Å². The van der Waals surface area contributed by atoms with Crippen LogP contribution < -0.4 is 5.32 Å². The van der Waals surface area contributed by atoms with E-state index in [0.29, 0.717) is 9.24 Å². The zero-order chi connectivity index (χ0) is 24.1. The molecule has 2 aromatic carbocycles. The van der Waals surface area contributed by atoms with E-state index in [4.69, 9.17) is 4.74 Å². The maximum atomic E-state index is 13.8. The summed E-state index contributed by atoms with van der Waals surface area (Å²) >= 11 is 2.41. The van der Waals surface area contributed by atoms with Crippen molar-refractivity contribution < 1.29 is 28.6 Å². The van der Waals surface area contributed by atoms with Gasteiger partial charge in [-0.2, -0.15) is 0 Å². The maximum absolute atomic E-state index is 13.8. The van der Waals surface area contributed by atoms with Crippen molar-refractivity contribution in [2.45, 2.75) is 16.2 Å². The van der Waals surface area contributed by atoms with E-state index in [9.17, 15) is 34.2 Å². The molecular weight excluding hydrogens is 479 g/mol. The Hall–Kier alpha value is -3.91. The van der Waals surface area contributed by atoms with Gasteiger partial charge in [-0.25, -0.2) is 14.2 Å². The van der Waals surface area contributed by atoms with Gasteiger partial charge in [-0.05, 0) is 19.1 Å². The second-order valence-corrected chi connectivity index (χ2v) is 8.49. The predicted octanol–water partition coefficient (Wildman–Crippen LogP) is 4.35. The number of aryl methyl sites for hydroxylation is 1. The van der Waals surface area contributed by atoms with Gasteiger partial charge in [0.2, 0.25) is 0 Å². The zero-order valence-electron chi connectivity index (χ0n) is 16.6. The summed E-state index contributed by atoms with van der Waals surface area (Å²) in [4.78, 5) is 49.7. The molecule has 0 fully saturated rings. The van der Waals surface area contributed by atoms with Crippen LogP contribution in [-0.2, 0) is 9.53 Å². The third kappa shape index (κ3) is 6.08. The van der Waals surface area contributed by atoms with Gasteiger partial charge in [0.1, 0.15) is 5.82 Å². The average Bonchev–Trinajstić information content (AvgIpc) is 3.18. The molecule has 0 saturated carbocycles. The third-order valence-electron chi connectivity index (χ3n) is 3.96. The van der Waals surface area contributed by atoms with Crippen LogP contribution in [0.2, 0.25) is 0 Å². The number of rotatable bonds is 8. The molecule has 11 nitrogen and oxygen atoms in total. The highest BCUT2D eigenvalue weighted by Crippen LogP contribution is 2.34. The lowest BCUT2D eigenvalue weighted by molar-refractivity contribution is -0.385. The number of hydrogen-bond donors (Lipinski definition) is 1. The Morgan fingerprint density at radius 3 is 2.45 bits per heavy atom. The number of non-ortho nitro benzene ring substituents is 2. The van der Waals surface area contributed by atoms with Gasteiger partial charge in [0.15, 0.2) is 10.9 Å². The van der Waals surface area contributed by atoms with Gasteiger partial charge in [0.05, 0.1) is 21.1 Å². The van der Waals surface area contributed by atoms with Crippen LogP contribution in [0.15, 0.2) is 51.0 Å². The first-order chi connectivity index (χ1) is 15.6. The molecule has 0 atom stereocenters. The minimum Gasteiger partial charge on any atom is -0.452 e. The number of ether oxygens (including phenoxy) is 1. The molecule has 0 radical (unpaired) electrons. The fourth-order valence-electron chi connectivity index (χ4n) is 2.47. The second kappa shape index (κ2) is 10.1. The van der Waals surface area contributed by atoms with Crippen LogP contribution in [0.25, 0.3) is 0 Å². The second-order valence-electron chi connectivity index (χ2n) is 6.34. The van der Waals surface area contributed by atoms with Gasteiger partial charge in [-0.1, -0.05) is 11.8 Å². The summed E-state index contributed by atoms with van der Waals surface area (Å²) in [5, 5.41) is 25.8. The Morgan fingerprint density at radius 2 is 1.82 bits per heavy atom. The van der Waals surface area contributed by atoms with E-state index in [0.717, 1.165) is 41.7 Å². The molecular formula is C19H13FN4O7S2. The summed E-state index contributed by atoms with van der Waals surface area (Å²) < 4.78 is 19.4. The topological polar surface area (TPSA) is 155 Å². The molecule has 0 spiro atoms. The Morgan fingerprint density at radius 1 is 1.15 bits per heavy atom. The summed E-state index contributed by atoms with van der Waals surface area (Å²) in [6.45, 7) is 0.929. The van der Waals surface area contributed by atoms with Crippen LogP contribution >= 0.6 is 23.1 Å². The Balaban J connectivity index is 1.74. The fraction of sp³-hybridized carbons (Fsp3) is 0.105. The van der Waals surface area contributed by atoms with Gasteiger partial charge in [0, 0.05) is 40.2 Å². The molecule has 0 aliphatic rings. The highest BCUT2D eigenvalue weighted by molar-refractivity contribution is 8.01. The smallest absolute Gasteiger partial charge is 0.340 e. The number of hydrogen-bond acceptors (Lipinski definition) is 10. The molecule has 0 bridgehead atoms. The quantitative estimate of drug-likeness (QED) is 0.274. The number of nitro benzene ring substituents is 2. The molecule has 0 unspecified atom stereocenters. The molecule has 3 rings (SSSR count). The van der Waals surface area contributed by atoms with Crippen molar-refractivity contribution in [2.24, 2.45) is 0 Å². The highest BCUT2D eigenvalue weighted by Gasteiger charge is 2.21. The number of thiazole rings is 1. The van der Waals surface area contributed by atoms with Crippen LogP contribution in [0.5, 0.6) is 0 Å². The van der Waals surface area contributed by atoms with E-state index in [-0.39, 0.29) is 11.3 Å².